The number of nitrogens with zero attached hydrogens (tertiary/aromatic N) is 5. The van der Waals surface area contributed by atoms with Gasteiger partial charge in [-0.2, -0.15) is 4.98 Å². The number of nitrogen functional groups attached to an aromatic ring is 1. The van der Waals surface area contributed by atoms with Gasteiger partial charge in [0.15, 0.2) is 23.6 Å². The van der Waals surface area contributed by atoms with Gasteiger partial charge in [-0.05, 0) is 34.1 Å². The van der Waals surface area contributed by atoms with Crippen molar-refractivity contribution in [3.8, 4) is 0 Å². The lowest BCUT2D eigenvalue weighted by molar-refractivity contribution is -0.236. The molecule has 0 aliphatic carbocycles. The Kier molecular flexibility index (Phi) is 21.9. The van der Waals surface area contributed by atoms with Crippen molar-refractivity contribution >= 4 is 30.8 Å². The quantitative estimate of drug-likeness (QED) is 0.0531. The van der Waals surface area contributed by atoms with E-state index in [0.717, 1.165) is 25.7 Å². The second kappa shape index (κ2) is 27.0. The Morgan fingerprint density at radius 2 is 1.43 bits per heavy atom. The van der Waals surface area contributed by atoms with E-state index in [9.17, 15) is 28.6 Å². The molecule has 2 saturated heterocycles. The molecule has 1 amide bonds. The van der Waals surface area contributed by atoms with Crippen LogP contribution < -0.4 is 27.4 Å². The molecule has 384 valence electrons. The number of aromatic amines is 2. The highest BCUT2D eigenvalue weighted by atomic mass is 31.2. The summed E-state index contributed by atoms with van der Waals surface area (Å²) in [6.07, 6.45) is 11.8. The molecule has 2 aliphatic rings. The van der Waals surface area contributed by atoms with E-state index in [0.29, 0.717) is 6.42 Å². The van der Waals surface area contributed by atoms with Crippen LogP contribution in [0.1, 0.15) is 150 Å². The molecule has 4 N–H and O–H groups in total. The molecule has 0 radical (unpaired) electrons. The number of carbonyl (C=O) groups excluding carboxylic acids is 1. The molecule has 2 fully saturated rings. The van der Waals surface area contributed by atoms with Crippen molar-refractivity contribution in [2.24, 2.45) is 5.92 Å². The zero-order valence-corrected chi connectivity index (χ0v) is 41.9. The summed E-state index contributed by atoms with van der Waals surface area (Å²) in [4.78, 5) is 80.9. The van der Waals surface area contributed by atoms with Crippen LogP contribution in [0.5, 0.6) is 0 Å². The number of phosphoric acid groups is 1. The van der Waals surface area contributed by atoms with Gasteiger partial charge in [-0.15, -0.1) is 0 Å². The third kappa shape index (κ3) is 15.6. The highest BCUT2D eigenvalue weighted by Gasteiger charge is 2.51. The Bertz CT molecular complexity index is 2230. The molecule has 0 spiro atoms. The van der Waals surface area contributed by atoms with E-state index in [-0.39, 0.29) is 55.2 Å². The molecule has 0 bridgehead atoms. The number of hydrogen-bond acceptors (Lipinski definition) is 16. The number of hydrogen-bond donors (Lipinski definition) is 3. The lowest BCUT2D eigenvalue weighted by Gasteiger charge is -2.34. The minimum atomic E-state index is -5.00. The maximum atomic E-state index is 14.9. The number of H-pyrrole nitrogens is 2. The van der Waals surface area contributed by atoms with Crippen LogP contribution in [0.3, 0.4) is 0 Å². The molecule has 21 nitrogen and oxygen atoms in total. The Morgan fingerprint density at radius 1 is 0.838 bits per heavy atom. The van der Waals surface area contributed by atoms with E-state index < -0.39 is 79.6 Å². The van der Waals surface area contributed by atoms with Crippen molar-refractivity contribution in [1.29, 1.82) is 0 Å². The van der Waals surface area contributed by atoms with Gasteiger partial charge in [-0.3, -0.25) is 38.1 Å². The Labute approximate surface area is 398 Å². The first-order valence-electron chi connectivity index (χ1n) is 24.5. The maximum absolute atomic E-state index is 14.9. The third-order valence-corrected chi connectivity index (χ3v) is 13.7. The third-order valence-electron chi connectivity index (χ3n) is 12.6. The normalized spacial score (nSPS) is 23.9. The highest BCUT2D eigenvalue weighted by Crippen LogP contribution is 2.47. The number of unbranched alkanes of at least 4 members (excludes halogenated alkanes) is 14. The summed E-state index contributed by atoms with van der Waals surface area (Å²) in [6.45, 7) is 9.29. The summed E-state index contributed by atoms with van der Waals surface area (Å²) in [5.74, 6) is -1.14. The first kappa shape index (κ1) is 55.1. The van der Waals surface area contributed by atoms with Gasteiger partial charge in [0.05, 0.1) is 31.2 Å². The van der Waals surface area contributed by atoms with Crippen molar-refractivity contribution in [2.45, 2.75) is 193 Å². The number of fused-ring (bicyclic) bond motifs is 1. The van der Waals surface area contributed by atoms with Crippen LogP contribution in [0.25, 0.3) is 11.2 Å². The fraction of sp³-hybridized carbons (Fsp3) is 0.783. The molecule has 5 rings (SSSR count). The summed E-state index contributed by atoms with van der Waals surface area (Å²) >= 11 is 0. The van der Waals surface area contributed by atoms with Gasteiger partial charge < -0.3 is 48.3 Å². The largest absolute Gasteiger partial charge is 0.756 e. The van der Waals surface area contributed by atoms with Gasteiger partial charge >= 0.3 is 5.69 Å². The summed E-state index contributed by atoms with van der Waals surface area (Å²) < 4.78 is 57.9. The minimum absolute atomic E-state index is 0.0360. The summed E-state index contributed by atoms with van der Waals surface area (Å²) in [5, 5.41) is 0. The highest BCUT2D eigenvalue weighted by molar-refractivity contribution is 7.45. The Morgan fingerprint density at radius 3 is 2.00 bits per heavy atom. The number of ether oxygens (including phenoxy) is 5. The van der Waals surface area contributed by atoms with E-state index in [1.165, 1.54) is 106 Å². The zero-order valence-electron chi connectivity index (χ0n) is 41.0. The second-order valence-electron chi connectivity index (χ2n) is 18.5. The molecule has 9 atom stereocenters. The fourth-order valence-corrected chi connectivity index (χ4v) is 10.3. The number of anilines is 1. The minimum Gasteiger partial charge on any atom is -0.756 e. The average molecular weight is 980 g/mol. The van der Waals surface area contributed by atoms with E-state index in [4.69, 9.17) is 38.5 Å². The van der Waals surface area contributed by atoms with E-state index in [2.05, 4.69) is 26.9 Å². The lowest BCUT2D eigenvalue weighted by atomic mass is 9.93. The van der Waals surface area contributed by atoms with Gasteiger partial charge in [-0.1, -0.05) is 96.8 Å². The van der Waals surface area contributed by atoms with Gasteiger partial charge in [0.25, 0.3) is 18.9 Å². The molecule has 0 saturated carbocycles. The molecular formula is C46H76N8O13P-. The van der Waals surface area contributed by atoms with Crippen LogP contribution >= 0.6 is 7.82 Å². The van der Waals surface area contributed by atoms with Crippen LogP contribution in [0.15, 0.2) is 33.0 Å². The molecule has 3 aromatic heterocycles. The van der Waals surface area contributed by atoms with E-state index in [1.807, 2.05) is 13.8 Å². The van der Waals surface area contributed by atoms with Crippen LogP contribution in [0.4, 0.5) is 5.95 Å². The SMILES string of the molecule is CCCCCCCCCCCCCCCCCN(C[C@H]1O[C@@H](n2cnc3c(=O)[nH]c(N)nc32)C(OC)C1OP(=O)([O-])OC(C)C)C(=O)CC1C(OC)[C@H](n2ccc(=O)[nH]c2=O)O[C@@H]1COC(C)C. The second-order valence-corrected chi connectivity index (χ2v) is 19.9. The number of phosphoric ester groups is 1. The standard InChI is InChI=1S/C46H77N8O13P/c1-8-9-10-11-12-13-14-15-16-17-18-19-20-21-22-24-52(36(56)26-32-34(28-63-30(2)3)65-43(38(32)61-6)53-25-23-35(55)49-46(53)58)27-33-39(67-68(59,60)66-31(4)5)40(62-7)44(64-33)54-29-48-37-41(54)50-45(47)51-42(37)57/h23,25,29-34,38-40,43-44H,8-22,24,26-28H2,1-7H3,(H,59,60)(H,49,55,58)(H3,47,50,51,57)/p-1/t32?,33-,34-,38?,39?,40?,43-,44-/m1/s1. The summed E-state index contributed by atoms with van der Waals surface area (Å²) in [5.41, 5.74) is 4.07. The van der Waals surface area contributed by atoms with Gasteiger partial charge in [-0.25, -0.2) is 9.78 Å². The van der Waals surface area contributed by atoms with Crippen molar-refractivity contribution in [2.75, 3.05) is 39.6 Å². The molecule has 0 aromatic carbocycles. The van der Waals surface area contributed by atoms with E-state index >= 15 is 0 Å². The van der Waals surface area contributed by atoms with Gasteiger partial charge in [0.2, 0.25) is 11.9 Å². The van der Waals surface area contributed by atoms with Crippen LogP contribution in [0.2, 0.25) is 0 Å². The number of methoxy groups -OCH3 is 2. The number of nitrogens with two attached hydrogens (primary N) is 1. The van der Waals surface area contributed by atoms with Crippen molar-refractivity contribution < 1.29 is 47.0 Å². The van der Waals surface area contributed by atoms with E-state index in [1.54, 1.807) is 18.7 Å². The van der Waals surface area contributed by atoms with Crippen LogP contribution in [-0.2, 0) is 42.1 Å². The zero-order chi connectivity index (χ0) is 49.4. The first-order valence-corrected chi connectivity index (χ1v) is 26.0. The number of nitrogens with one attached hydrogen (secondary N) is 2. The van der Waals surface area contributed by atoms with Crippen molar-refractivity contribution in [1.82, 2.24) is 34.0 Å². The number of aromatic nitrogens is 6. The number of rotatable bonds is 31. The smallest absolute Gasteiger partial charge is 0.330 e. The summed E-state index contributed by atoms with van der Waals surface area (Å²) in [7, 11) is -2.18. The van der Waals surface area contributed by atoms with Crippen LogP contribution in [0, 0.1) is 5.92 Å². The molecular weight excluding hydrogens is 904 g/mol. The molecule has 68 heavy (non-hydrogen) atoms. The van der Waals surface area contributed by atoms with Crippen molar-refractivity contribution in [3.63, 3.8) is 0 Å². The van der Waals surface area contributed by atoms with Crippen LogP contribution in [-0.4, -0.2) is 117 Å². The maximum Gasteiger partial charge on any atom is 0.330 e. The Hall–Kier alpha value is -3.79. The Balaban J connectivity index is 1.38. The topological polar surface area (TPSA) is 270 Å². The molecule has 2 aliphatic heterocycles. The molecule has 22 heteroatoms. The van der Waals surface area contributed by atoms with Gasteiger partial charge in [0, 0.05) is 51.9 Å². The number of imidazole rings is 1. The predicted molar refractivity (Wildman–Crippen MR) is 253 cm³/mol. The average Bonchev–Trinajstić information content (AvgIpc) is 3.95. The molecule has 5 heterocycles. The number of carbonyl (C=O) groups is 1. The van der Waals surface area contributed by atoms with Crippen molar-refractivity contribution in [3.05, 3.63) is 49.8 Å². The predicted octanol–water partition coefficient (Wildman–Crippen LogP) is 5.49. The fourth-order valence-electron chi connectivity index (χ4n) is 9.18. The number of amides is 1. The summed E-state index contributed by atoms with van der Waals surface area (Å²) in [6, 6.07) is 1.21. The molecule has 5 unspecified atom stereocenters. The first-order chi connectivity index (χ1) is 32.6. The lowest BCUT2D eigenvalue weighted by Crippen LogP contribution is -2.46. The molecule has 3 aromatic rings. The monoisotopic (exact) mass is 980 g/mol. The van der Waals surface area contributed by atoms with Gasteiger partial charge in [0.1, 0.15) is 24.4 Å².